The number of Topliss-reactive ketones (excluding diaryl/α,β-unsaturated/α-hetero) is 1. The van der Waals surface area contributed by atoms with Gasteiger partial charge in [-0.3, -0.25) is 4.79 Å². The summed E-state index contributed by atoms with van der Waals surface area (Å²) in [7, 11) is -2.69. The van der Waals surface area contributed by atoms with E-state index in [-0.39, 0.29) is 28.6 Å². The third-order valence-electron chi connectivity index (χ3n) is 5.68. The lowest BCUT2D eigenvalue weighted by Crippen LogP contribution is -2.48. The molecule has 2 aromatic carbocycles. The monoisotopic (exact) mass is 484 g/mol. The number of esters is 1. The molecule has 0 bridgehead atoms. The Bertz CT molecular complexity index is 1260. The predicted octanol–water partition coefficient (Wildman–Crippen LogP) is 3.92. The number of anilines is 1. The first-order valence-electron chi connectivity index (χ1n) is 10.4. The number of nitrogens with zero attached hydrogens (tertiary/aromatic N) is 2. The predicted molar refractivity (Wildman–Crippen MR) is 129 cm³/mol. The largest absolute Gasteiger partial charge is 0.465 e. The number of thiophene rings is 1. The number of ketones is 1. The van der Waals surface area contributed by atoms with Crippen LogP contribution in [0.1, 0.15) is 27.0 Å². The van der Waals surface area contributed by atoms with E-state index in [9.17, 15) is 18.0 Å². The van der Waals surface area contributed by atoms with Crippen molar-refractivity contribution in [3.63, 3.8) is 0 Å². The third-order valence-corrected chi connectivity index (χ3v) is 8.75. The van der Waals surface area contributed by atoms with Crippen LogP contribution < -0.4 is 4.90 Å². The fourth-order valence-electron chi connectivity index (χ4n) is 3.88. The summed E-state index contributed by atoms with van der Waals surface area (Å²) in [4.78, 5) is 26.1. The summed E-state index contributed by atoms with van der Waals surface area (Å²) in [5.74, 6) is -0.659. The average molecular weight is 485 g/mol. The number of carbonyl (C=O) groups is 2. The maximum atomic E-state index is 13.7. The van der Waals surface area contributed by atoms with E-state index in [1.165, 1.54) is 18.3 Å². The Morgan fingerprint density at radius 2 is 1.58 bits per heavy atom. The van der Waals surface area contributed by atoms with E-state index in [0.717, 1.165) is 22.6 Å². The first-order valence-corrected chi connectivity index (χ1v) is 12.8. The molecular formula is C24H24N2O5S2. The van der Waals surface area contributed by atoms with Crippen LogP contribution in [0.25, 0.3) is 11.1 Å². The molecule has 1 aliphatic heterocycles. The Morgan fingerprint density at radius 1 is 0.939 bits per heavy atom. The van der Waals surface area contributed by atoms with Gasteiger partial charge in [-0.15, -0.1) is 11.3 Å². The first-order chi connectivity index (χ1) is 15.8. The molecule has 7 nitrogen and oxygen atoms in total. The minimum Gasteiger partial charge on any atom is -0.465 e. The van der Waals surface area contributed by atoms with E-state index in [2.05, 4.69) is 4.90 Å². The van der Waals surface area contributed by atoms with Gasteiger partial charge in [-0.2, -0.15) is 4.31 Å². The average Bonchev–Trinajstić information content (AvgIpc) is 3.30. The Hall–Kier alpha value is -3.01. The smallest absolute Gasteiger partial charge is 0.349 e. The minimum atomic E-state index is -3.94. The molecule has 1 fully saturated rings. The van der Waals surface area contributed by atoms with Gasteiger partial charge in [0.15, 0.2) is 5.78 Å². The third kappa shape index (κ3) is 4.57. The van der Waals surface area contributed by atoms with Crippen LogP contribution >= 0.6 is 11.3 Å². The number of hydrogen-bond acceptors (Lipinski definition) is 7. The number of piperazine rings is 1. The van der Waals surface area contributed by atoms with Gasteiger partial charge in [-0.05, 0) is 36.8 Å². The Kier molecular flexibility index (Phi) is 6.64. The molecule has 172 valence electrons. The van der Waals surface area contributed by atoms with Gasteiger partial charge in [-0.1, -0.05) is 30.3 Å². The Morgan fingerprint density at radius 3 is 2.15 bits per heavy atom. The summed E-state index contributed by atoms with van der Waals surface area (Å²) >= 11 is 1.08. The molecule has 4 rings (SSSR count). The molecule has 0 amide bonds. The fraction of sp³-hybridized carbons (Fsp3) is 0.250. The molecule has 1 aromatic heterocycles. The summed E-state index contributed by atoms with van der Waals surface area (Å²) in [6.45, 7) is 3.08. The lowest BCUT2D eigenvalue weighted by molar-refractivity contribution is 0.0602. The molecule has 0 aliphatic carbocycles. The SMILES string of the molecule is COC(=O)c1scc(-c2ccccc2)c1S(=O)(=O)N1CCN(c2ccc(C(C)=O)cc2)CC1. The van der Waals surface area contributed by atoms with Gasteiger partial charge in [0.1, 0.15) is 9.77 Å². The summed E-state index contributed by atoms with van der Waals surface area (Å²) in [5.41, 5.74) is 2.81. The zero-order valence-electron chi connectivity index (χ0n) is 18.4. The maximum Gasteiger partial charge on any atom is 0.349 e. The number of ether oxygens (including phenoxy) is 1. The summed E-state index contributed by atoms with van der Waals surface area (Å²) < 4.78 is 33.7. The summed E-state index contributed by atoms with van der Waals surface area (Å²) in [6, 6.07) is 16.5. The lowest BCUT2D eigenvalue weighted by Gasteiger charge is -2.35. The van der Waals surface area contributed by atoms with Gasteiger partial charge in [0.25, 0.3) is 0 Å². The first kappa shape index (κ1) is 23.2. The van der Waals surface area contributed by atoms with E-state index < -0.39 is 16.0 Å². The van der Waals surface area contributed by atoms with Crippen molar-refractivity contribution in [3.8, 4) is 11.1 Å². The Balaban J connectivity index is 1.61. The second kappa shape index (κ2) is 9.46. The fourth-order valence-corrected chi connectivity index (χ4v) is 6.97. The van der Waals surface area contributed by atoms with Crippen LogP contribution in [0.15, 0.2) is 64.9 Å². The molecule has 0 saturated carbocycles. The van der Waals surface area contributed by atoms with Gasteiger partial charge in [0, 0.05) is 48.4 Å². The van der Waals surface area contributed by atoms with Crippen molar-refractivity contribution in [3.05, 3.63) is 70.4 Å². The molecule has 1 saturated heterocycles. The number of sulfonamides is 1. The molecule has 1 aliphatic rings. The highest BCUT2D eigenvalue weighted by atomic mass is 32.2. The zero-order chi connectivity index (χ0) is 23.6. The van der Waals surface area contributed by atoms with Crippen LogP contribution in [0, 0.1) is 0 Å². The zero-order valence-corrected chi connectivity index (χ0v) is 20.0. The standard InChI is InChI=1S/C24H24N2O5S2/c1-17(27)18-8-10-20(11-9-18)25-12-14-26(15-13-25)33(29,30)23-21(19-6-4-3-5-7-19)16-32-22(23)24(28)31-2/h3-11,16H,12-15H2,1-2H3. The van der Waals surface area contributed by atoms with E-state index >= 15 is 0 Å². The number of rotatable bonds is 6. The van der Waals surface area contributed by atoms with E-state index in [1.807, 2.05) is 42.5 Å². The van der Waals surface area contributed by atoms with Crippen LogP contribution in [0.4, 0.5) is 5.69 Å². The molecule has 0 unspecified atom stereocenters. The van der Waals surface area contributed by atoms with Crippen molar-refractivity contribution in [2.45, 2.75) is 11.8 Å². The van der Waals surface area contributed by atoms with Crippen LogP contribution in [-0.2, 0) is 14.8 Å². The minimum absolute atomic E-state index is 0.00357. The molecular weight excluding hydrogens is 460 g/mol. The highest BCUT2D eigenvalue weighted by Gasteiger charge is 2.36. The van der Waals surface area contributed by atoms with Gasteiger partial charge >= 0.3 is 5.97 Å². The van der Waals surface area contributed by atoms with Crippen molar-refractivity contribution in [1.82, 2.24) is 4.31 Å². The van der Waals surface area contributed by atoms with Gasteiger partial charge in [-0.25, -0.2) is 13.2 Å². The van der Waals surface area contributed by atoms with Crippen molar-refractivity contribution in [2.24, 2.45) is 0 Å². The summed E-state index contributed by atoms with van der Waals surface area (Å²) in [5, 5.41) is 1.70. The van der Waals surface area contributed by atoms with E-state index in [1.54, 1.807) is 17.5 Å². The molecule has 0 spiro atoms. The highest BCUT2D eigenvalue weighted by Crippen LogP contribution is 2.37. The number of hydrogen-bond donors (Lipinski definition) is 0. The van der Waals surface area contributed by atoms with Crippen LogP contribution in [0.2, 0.25) is 0 Å². The Labute approximate surface area is 197 Å². The number of methoxy groups -OCH3 is 1. The topological polar surface area (TPSA) is 84.0 Å². The second-order valence-corrected chi connectivity index (χ2v) is 10.4. The van der Waals surface area contributed by atoms with Gasteiger partial charge < -0.3 is 9.64 Å². The van der Waals surface area contributed by atoms with Crippen molar-refractivity contribution >= 4 is 38.8 Å². The van der Waals surface area contributed by atoms with E-state index in [0.29, 0.717) is 24.2 Å². The second-order valence-electron chi connectivity index (χ2n) is 7.66. The van der Waals surface area contributed by atoms with Crippen molar-refractivity contribution in [1.29, 1.82) is 0 Å². The molecule has 33 heavy (non-hydrogen) atoms. The number of carbonyl (C=O) groups excluding carboxylic acids is 2. The maximum absolute atomic E-state index is 13.7. The van der Waals surface area contributed by atoms with Gasteiger partial charge in [0.05, 0.1) is 7.11 Å². The summed E-state index contributed by atoms with van der Waals surface area (Å²) in [6.07, 6.45) is 0. The van der Waals surface area contributed by atoms with Crippen molar-refractivity contribution < 1.29 is 22.7 Å². The molecule has 0 radical (unpaired) electrons. The molecule has 0 atom stereocenters. The molecule has 9 heteroatoms. The molecule has 3 aromatic rings. The quantitative estimate of drug-likeness (QED) is 0.390. The highest BCUT2D eigenvalue weighted by molar-refractivity contribution is 7.89. The van der Waals surface area contributed by atoms with Crippen LogP contribution in [0.5, 0.6) is 0 Å². The van der Waals surface area contributed by atoms with Crippen LogP contribution in [0.3, 0.4) is 0 Å². The molecule has 0 N–H and O–H groups in total. The van der Waals surface area contributed by atoms with E-state index in [4.69, 9.17) is 4.74 Å². The normalized spacial score (nSPS) is 14.8. The lowest BCUT2D eigenvalue weighted by atomic mass is 10.1. The van der Waals surface area contributed by atoms with Gasteiger partial charge in [0.2, 0.25) is 10.0 Å². The van der Waals surface area contributed by atoms with Crippen molar-refractivity contribution in [2.75, 3.05) is 38.2 Å². The molecule has 2 heterocycles. The van der Waals surface area contributed by atoms with Crippen LogP contribution in [-0.4, -0.2) is 57.8 Å². The number of benzene rings is 2.